The number of hydrogen-bond acceptors (Lipinski definition) is 8. The van der Waals surface area contributed by atoms with Crippen LogP contribution in [0.1, 0.15) is 42.5 Å². The number of carboxylic acid groups (broad SMARTS) is 1. The summed E-state index contributed by atoms with van der Waals surface area (Å²) in [5.41, 5.74) is 4.50. The van der Waals surface area contributed by atoms with E-state index in [4.69, 9.17) is 17.4 Å². The Morgan fingerprint density at radius 2 is 1.25 bits per heavy atom. The number of oxime groups is 1. The first-order valence-corrected chi connectivity index (χ1v) is 5.84. The van der Waals surface area contributed by atoms with Gasteiger partial charge in [-0.05, 0) is 23.6 Å². The van der Waals surface area contributed by atoms with E-state index in [0.717, 1.165) is 13.2 Å². The summed E-state index contributed by atoms with van der Waals surface area (Å²) in [5, 5.41) is 13.2. The number of nitrogens with one attached hydrogen (secondary N) is 1. The SMILES string of the molecule is C.C.CC(=O)O.CC=NOC.CC=O.CN.CNC(C)=O.CON.[3H][B].[3H][B].[Fm].[Fm]. The van der Waals surface area contributed by atoms with Gasteiger partial charge in [0.05, 0.1) is 7.11 Å². The molecule has 0 aliphatic carbocycles. The molecule has 0 bridgehead atoms. The van der Waals surface area contributed by atoms with Crippen LogP contribution in [-0.2, 0) is 24.1 Å². The number of carbonyl (C=O) groups is 3. The molecule has 0 heterocycles. The minimum atomic E-state index is -0.833. The Labute approximate surface area is 166 Å². The third-order valence-electron chi connectivity index (χ3n) is 0.563. The van der Waals surface area contributed by atoms with Crippen molar-refractivity contribution in [2.24, 2.45) is 16.8 Å². The van der Waals surface area contributed by atoms with Crippen LogP contribution in [0.5, 0.6) is 0 Å². The zero-order valence-corrected chi connectivity index (χ0v) is 21.3. The molecule has 0 aliphatic heterocycles. The van der Waals surface area contributed by atoms with Gasteiger partial charge >= 0.3 is 0 Å². The van der Waals surface area contributed by atoms with Gasteiger partial charge in [-0.3, -0.25) is 9.59 Å². The molecule has 0 aliphatic rings. The molecular weight excluding hydrogens is 856 g/mol. The molecule has 0 unspecified atom stereocenters. The van der Waals surface area contributed by atoms with Crippen molar-refractivity contribution in [1.29, 1.82) is 2.67 Å². The Morgan fingerprint density at radius 1 is 1.11 bits per heavy atom. The van der Waals surface area contributed by atoms with Gasteiger partial charge in [-0.1, -0.05) is 14.9 Å². The van der Waals surface area contributed by atoms with Crippen LogP contribution in [-0.4, -0.2) is 77.2 Å². The van der Waals surface area contributed by atoms with Gasteiger partial charge in [0.1, 0.15) is 13.4 Å². The minimum absolute atomic E-state index is 0. The van der Waals surface area contributed by atoms with E-state index in [1.807, 2.05) is 0 Å². The maximum Gasteiger partial charge on any atom is 0.300 e. The van der Waals surface area contributed by atoms with Gasteiger partial charge in [0.15, 0.2) is 0 Å². The van der Waals surface area contributed by atoms with Crippen LogP contribution in [0.2, 0.25) is 0 Å². The van der Waals surface area contributed by atoms with E-state index in [9.17, 15) is 4.79 Å². The Bertz CT molecular complexity index is 254. The predicted octanol–water partition coefficient (Wildman–Crippen LogP) is -0.256. The molecule has 14 heteroatoms. The Morgan fingerprint density at radius 3 is 1.25 bits per heavy atom. The molecule has 0 saturated heterocycles. The maximum atomic E-state index is 9.70. The summed E-state index contributed by atoms with van der Waals surface area (Å²) < 4.78 is 10.5. The number of aliphatic carboxylic acids is 1. The minimum Gasteiger partial charge on any atom is -0.481 e. The second kappa shape index (κ2) is 172. The van der Waals surface area contributed by atoms with Crippen LogP contribution in [0.25, 0.3) is 0 Å². The van der Waals surface area contributed by atoms with E-state index in [0.29, 0.717) is 0 Å². The van der Waals surface area contributed by atoms with Crippen LogP contribution in [0, 0.1) is 0 Å². The number of carbonyl (C=O) groups excluding carboxylic acids is 2. The quantitative estimate of drug-likeness (QED) is 0.121. The van der Waals surface area contributed by atoms with Crippen LogP contribution in [0.3, 0.4) is 0 Å². The van der Waals surface area contributed by atoms with Gasteiger partial charge in [-0.25, -0.2) is 5.90 Å². The van der Waals surface area contributed by atoms with Crippen molar-refractivity contribution in [2.45, 2.75) is 42.5 Å². The molecule has 28 heavy (non-hydrogen) atoms. The topological polar surface area (TPSA) is 166 Å². The molecule has 0 aromatic rings. The van der Waals surface area contributed by atoms with E-state index < -0.39 is 5.97 Å². The first-order valence-electron chi connectivity index (χ1n) is 7.00. The average molecular weight is 902 g/mol. The van der Waals surface area contributed by atoms with E-state index in [1.54, 1.807) is 20.2 Å². The first kappa shape index (κ1) is 64.7. The Hall–Kier alpha value is -3.91. The summed E-state index contributed by atoms with van der Waals surface area (Å²) in [5.74, 6) is 3.52. The number of rotatable bonds is 1. The fraction of sp³-hybridized carbons (Fsp3) is 0.714. The second-order valence-corrected chi connectivity index (χ2v) is 2.34. The summed E-state index contributed by atoms with van der Waals surface area (Å²) >= 11 is 0. The fourth-order valence-corrected chi connectivity index (χ4v) is 0.105. The number of aldehydes is 1. The molecule has 0 aromatic heterocycles. The molecule has 6 N–H and O–H groups in total. The molecule has 0 atom stereocenters. The molecule has 10 nitrogen and oxygen atoms in total. The maximum absolute atomic E-state index is 9.70. The van der Waals surface area contributed by atoms with E-state index >= 15 is 0 Å². The van der Waals surface area contributed by atoms with Crippen molar-refractivity contribution in [3.63, 3.8) is 0 Å². The number of hydrogen-bond donors (Lipinski definition) is 4. The van der Waals surface area contributed by atoms with Gasteiger partial charge in [0.2, 0.25) is 5.91 Å². The smallest absolute Gasteiger partial charge is 0.300 e. The summed E-state index contributed by atoms with van der Waals surface area (Å²) in [4.78, 5) is 35.5. The summed E-state index contributed by atoms with van der Waals surface area (Å²) in [7, 11) is 13.5. The predicted molar refractivity (Wildman–Crippen MR) is 115 cm³/mol. The van der Waals surface area contributed by atoms with Crippen molar-refractivity contribution in [3.05, 3.63) is 0 Å². The molecule has 4 radical (unpaired) electrons. The van der Waals surface area contributed by atoms with Gasteiger partial charge < -0.3 is 30.6 Å². The molecule has 184 valence electrons. The zero-order valence-electron chi connectivity index (χ0n) is 18.5. The molecule has 0 spiro atoms. The van der Waals surface area contributed by atoms with Gasteiger partial charge in [-0.15, -0.1) is 5.16 Å². The Kier molecular flexibility index (Phi) is 398. The number of nitrogens with zero attached hydrogens (tertiary/aromatic N) is 1. The van der Waals surface area contributed by atoms with Crippen LogP contribution >= 0.6 is 0 Å². The van der Waals surface area contributed by atoms with Crippen molar-refractivity contribution >= 4 is 41.1 Å². The molecule has 0 saturated carbocycles. The molecule has 1 amide bonds. The van der Waals surface area contributed by atoms with Crippen molar-refractivity contribution in [2.75, 3.05) is 28.3 Å². The zero-order chi connectivity index (χ0) is 23.4. The third kappa shape index (κ3) is 1220000. The van der Waals surface area contributed by atoms with Gasteiger partial charge in [-0.2, -0.15) is 0 Å². The molecular formula is C14H42B2Fm2N4O6. The summed E-state index contributed by atoms with van der Waals surface area (Å²) in [6.07, 6.45) is 2.33. The van der Waals surface area contributed by atoms with Gasteiger partial charge in [0, 0.05) is 43.9 Å². The summed E-state index contributed by atoms with van der Waals surface area (Å²) in [6.45, 7) is 5.80. The Balaban J connectivity index is -0.0000000124. The summed E-state index contributed by atoms with van der Waals surface area (Å²) in [6, 6.07) is 0. The monoisotopic (exact) mass is 903 g/mol. The van der Waals surface area contributed by atoms with Crippen molar-refractivity contribution in [3.8, 4) is 0 Å². The number of nitrogens with two attached hydrogens (primary N) is 2. The normalized spacial score (nSPS) is 5.50. The average Bonchev–Trinajstić information content (AvgIpc) is 2.62. The van der Waals surface area contributed by atoms with Crippen molar-refractivity contribution < 1.29 is 29.2 Å². The number of amides is 1. The van der Waals surface area contributed by atoms with E-state index in [1.165, 1.54) is 35.1 Å². The van der Waals surface area contributed by atoms with Crippen LogP contribution in [0.4, 0.5) is 0 Å². The molecule has 0 rings (SSSR count). The largest absolute Gasteiger partial charge is 0.481 e. The van der Waals surface area contributed by atoms with Crippen molar-refractivity contribution in [1.82, 2.24) is 5.32 Å². The van der Waals surface area contributed by atoms with Crippen LogP contribution in [0.15, 0.2) is 5.16 Å². The number of carboxylic acids is 1. The first-order chi connectivity index (χ1) is 12.2. The fourth-order valence-electron chi connectivity index (χ4n) is 0.105. The molecule has 0 fully saturated rings. The van der Waals surface area contributed by atoms with Gasteiger partial charge in [0.25, 0.3) is 5.97 Å². The molecule has 0 aromatic carbocycles. The van der Waals surface area contributed by atoms with E-state index in [-0.39, 0.29) is 20.8 Å². The van der Waals surface area contributed by atoms with Crippen LogP contribution < -0.4 is 16.9 Å². The van der Waals surface area contributed by atoms with E-state index in [2.05, 4.69) is 48.5 Å². The standard InChI is InChI=1S/2C3H7NO.C2H4O2.C2H4O.CH5NO.CH5N.2CH4.2BH.2Fm/c1-3-4-5-2;1-3(5)4-2;1-2(3)4;1-2-3;1-3-2;1-2;;;;;;/h3H,1-2H3;1-2H3,(H,4,5);1H3,(H,3,4);2H,1H3;2H2,1H3;2H2,1H3;2*1H4;2*1H;;/i;;;;;;;;2*1T;;. The third-order valence-corrected chi connectivity index (χ3v) is 0.563. The second-order valence-electron chi connectivity index (χ2n) is 2.34.